The van der Waals surface area contributed by atoms with Crippen LogP contribution in [0.2, 0.25) is 0 Å². The van der Waals surface area contributed by atoms with Crippen LogP contribution in [0.25, 0.3) is 0 Å². The normalized spacial score (nSPS) is 12.1. The van der Waals surface area contributed by atoms with E-state index in [1.807, 2.05) is 12.4 Å². The molecule has 2 nitrogen and oxygen atoms in total. The molecule has 0 radical (unpaired) electrons. The number of aromatic nitrogens is 1. The Morgan fingerprint density at radius 1 is 1.20 bits per heavy atom. The maximum Gasteiger partial charge on any atom is 0.0270 e. The van der Waals surface area contributed by atoms with Crippen molar-refractivity contribution in [1.82, 2.24) is 9.88 Å². The average Bonchev–Trinajstić information content (AvgIpc) is 2.14. The molecular formula is C13H22N2. The van der Waals surface area contributed by atoms with Crippen LogP contribution in [0, 0.1) is 5.41 Å². The Morgan fingerprint density at radius 3 is 2.33 bits per heavy atom. The smallest absolute Gasteiger partial charge is 0.0270 e. The molecule has 84 valence electrons. The maximum atomic E-state index is 4.02. The summed E-state index contributed by atoms with van der Waals surface area (Å²) in [5.74, 6) is 0. The summed E-state index contributed by atoms with van der Waals surface area (Å²) < 4.78 is 0. The molecule has 1 aromatic heterocycles. The minimum absolute atomic E-state index is 0.382. The summed E-state index contributed by atoms with van der Waals surface area (Å²) in [6.07, 6.45) is 4.83. The van der Waals surface area contributed by atoms with Crippen LogP contribution in [0.1, 0.15) is 26.3 Å². The SMILES string of the molecule is CN(CCc1ccncc1)CC(C)(C)C. The molecule has 2 heteroatoms. The molecular weight excluding hydrogens is 184 g/mol. The van der Waals surface area contributed by atoms with E-state index in [1.54, 1.807) is 0 Å². The largest absolute Gasteiger partial charge is 0.306 e. The van der Waals surface area contributed by atoms with Crippen LogP contribution in [-0.2, 0) is 6.42 Å². The third-order valence-electron chi connectivity index (χ3n) is 2.28. The van der Waals surface area contributed by atoms with Gasteiger partial charge < -0.3 is 4.90 Å². The maximum absolute atomic E-state index is 4.02. The molecule has 0 aromatic carbocycles. The van der Waals surface area contributed by atoms with Crippen LogP contribution in [0.15, 0.2) is 24.5 Å². The van der Waals surface area contributed by atoms with Crippen molar-refractivity contribution in [2.24, 2.45) is 5.41 Å². The van der Waals surface area contributed by atoms with Crippen LogP contribution in [0.4, 0.5) is 0 Å². The Morgan fingerprint density at radius 2 is 1.80 bits per heavy atom. The number of pyridine rings is 1. The van der Waals surface area contributed by atoms with Crippen molar-refractivity contribution in [1.29, 1.82) is 0 Å². The minimum atomic E-state index is 0.382. The van der Waals surface area contributed by atoms with Gasteiger partial charge in [-0.25, -0.2) is 0 Å². The fourth-order valence-electron chi connectivity index (χ4n) is 1.76. The van der Waals surface area contributed by atoms with E-state index in [0.29, 0.717) is 5.41 Å². The third kappa shape index (κ3) is 5.53. The molecule has 1 rings (SSSR count). The zero-order chi connectivity index (χ0) is 11.3. The third-order valence-corrected chi connectivity index (χ3v) is 2.28. The Balaban J connectivity index is 2.32. The second-order valence-electron chi connectivity index (χ2n) is 5.40. The van der Waals surface area contributed by atoms with Gasteiger partial charge in [0.25, 0.3) is 0 Å². The first kappa shape index (κ1) is 12.2. The molecule has 0 aliphatic rings. The highest BCUT2D eigenvalue weighted by Gasteiger charge is 2.12. The van der Waals surface area contributed by atoms with Crippen LogP contribution in [0.3, 0.4) is 0 Å². The quantitative estimate of drug-likeness (QED) is 0.753. The lowest BCUT2D eigenvalue weighted by Crippen LogP contribution is -2.30. The summed E-state index contributed by atoms with van der Waals surface area (Å²) in [5.41, 5.74) is 1.75. The molecule has 0 unspecified atom stereocenters. The minimum Gasteiger partial charge on any atom is -0.306 e. The standard InChI is InChI=1S/C13H22N2/c1-13(2,3)11-15(4)10-7-12-5-8-14-9-6-12/h5-6,8-9H,7,10-11H2,1-4H3. The Kier molecular flexibility index (Phi) is 4.28. The van der Waals surface area contributed by atoms with Gasteiger partial charge >= 0.3 is 0 Å². The number of likely N-dealkylation sites (N-methyl/N-ethyl adjacent to an activating group) is 1. The lowest BCUT2D eigenvalue weighted by atomic mass is 9.96. The van der Waals surface area contributed by atoms with Gasteiger partial charge in [-0.05, 0) is 36.6 Å². The van der Waals surface area contributed by atoms with Gasteiger partial charge in [-0.2, -0.15) is 0 Å². The van der Waals surface area contributed by atoms with E-state index in [9.17, 15) is 0 Å². The van der Waals surface area contributed by atoms with E-state index in [0.717, 1.165) is 19.5 Å². The fraction of sp³-hybridized carbons (Fsp3) is 0.615. The van der Waals surface area contributed by atoms with Crippen LogP contribution in [-0.4, -0.2) is 30.0 Å². The second-order valence-corrected chi connectivity index (χ2v) is 5.40. The van der Waals surface area contributed by atoms with Crippen molar-refractivity contribution in [2.75, 3.05) is 20.1 Å². The summed E-state index contributed by atoms with van der Waals surface area (Å²) in [7, 11) is 2.19. The monoisotopic (exact) mass is 206 g/mol. The molecule has 0 saturated carbocycles. The van der Waals surface area contributed by atoms with Gasteiger partial charge in [-0.3, -0.25) is 4.98 Å². The highest BCUT2D eigenvalue weighted by molar-refractivity contribution is 5.09. The summed E-state index contributed by atoms with van der Waals surface area (Å²) in [6.45, 7) is 9.07. The van der Waals surface area contributed by atoms with Crippen LogP contribution in [0.5, 0.6) is 0 Å². The molecule has 0 aliphatic carbocycles. The first-order valence-electron chi connectivity index (χ1n) is 5.55. The zero-order valence-electron chi connectivity index (χ0n) is 10.3. The van der Waals surface area contributed by atoms with Crippen molar-refractivity contribution in [3.63, 3.8) is 0 Å². The number of hydrogen-bond donors (Lipinski definition) is 0. The van der Waals surface area contributed by atoms with Gasteiger partial charge in [0.15, 0.2) is 0 Å². The molecule has 0 amide bonds. The molecule has 0 N–H and O–H groups in total. The van der Waals surface area contributed by atoms with E-state index in [-0.39, 0.29) is 0 Å². The van der Waals surface area contributed by atoms with Gasteiger partial charge in [0.1, 0.15) is 0 Å². The van der Waals surface area contributed by atoms with Crippen molar-refractivity contribution in [2.45, 2.75) is 27.2 Å². The first-order valence-corrected chi connectivity index (χ1v) is 5.55. The van der Waals surface area contributed by atoms with Gasteiger partial charge in [0.05, 0.1) is 0 Å². The first-order chi connectivity index (χ1) is 6.97. The molecule has 0 atom stereocenters. The topological polar surface area (TPSA) is 16.1 Å². The molecule has 0 aliphatic heterocycles. The molecule has 1 aromatic rings. The number of nitrogens with zero attached hydrogens (tertiary/aromatic N) is 2. The van der Waals surface area contributed by atoms with Crippen LogP contribution < -0.4 is 0 Å². The fourth-order valence-corrected chi connectivity index (χ4v) is 1.76. The Hall–Kier alpha value is -0.890. The van der Waals surface area contributed by atoms with Gasteiger partial charge in [-0.1, -0.05) is 20.8 Å². The summed E-state index contributed by atoms with van der Waals surface area (Å²) in [5, 5.41) is 0. The van der Waals surface area contributed by atoms with E-state index in [2.05, 4.69) is 49.8 Å². The van der Waals surface area contributed by atoms with E-state index < -0.39 is 0 Å². The summed E-state index contributed by atoms with van der Waals surface area (Å²) >= 11 is 0. The lowest BCUT2D eigenvalue weighted by molar-refractivity contribution is 0.229. The molecule has 0 saturated heterocycles. The van der Waals surface area contributed by atoms with Gasteiger partial charge in [-0.15, -0.1) is 0 Å². The van der Waals surface area contributed by atoms with E-state index >= 15 is 0 Å². The molecule has 15 heavy (non-hydrogen) atoms. The summed E-state index contributed by atoms with van der Waals surface area (Å²) in [4.78, 5) is 6.41. The summed E-state index contributed by atoms with van der Waals surface area (Å²) in [6, 6.07) is 4.18. The molecule has 1 heterocycles. The highest BCUT2D eigenvalue weighted by atomic mass is 15.1. The van der Waals surface area contributed by atoms with E-state index in [4.69, 9.17) is 0 Å². The zero-order valence-corrected chi connectivity index (χ0v) is 10.3. The average molecular weight is 206 g/mol. The number of hydrogen-bond acceptors (Lipinski definition) is 2. The number of rotatable bonds is 4. The molecule has 0 fully saturated rings. The Labute approximate surface area is 93.3 Å². The Bertz CT molecular complexity index is 274. The van der Waals surface area contributed by atoms with E-state index in [1.165, 1.54) is 5.56 Å². The molecule has 0 spiro atoms. The van der Waals surface area contributed by atoms with Crippen molar-refractivity contribution >= 4 is 0 Å². The predicted octanol–water partition coefficient (Wildman–Crippen LogP) is 2.60. The van der Waals surface area contributed by atoms with Gasteiger partial charge in [0.2, 0.25) is 0 Å². The highest BCUT2D eigenvalue weighted by Crippen LogP contribution is 2.14. The van der Waals surface area contributed by atoms with Crippen molar-refractivity contribution < 1.29 is 0 Å². The predicted molar refractivity (Wildman–Crippen MR) is 64.9 cm³/mol. The van der Waals surface area contributed by atoms with Crippen molar-refractivity contribution in [3.05, 3.63) is 30.1 Å². The van der Waals surface area contributed by atoms with Gasteiger partial charge in [0, 0.05) is 25.5 Å². The van der Waals surface area contributed by atoms with Crippen molar-refractivity contribution in [3.8, 4) is 0 Å². The molecule has 0 bridgehead atoms. The second kappa shape index (κ2) is 5.26. The van der Waals surface area contributed by atoms with Crippen LogP contribution >= 0.6 is 0 Å². The lowest BCUT2D eigenvalue weighted by Gasteiger charge is -2.26.